The van der Waals surface area contributed by atoms with Gasteiger partial charge in [-0.3, -0.25) is 15.8 Å². The molecule has 0 aromatic carbocycles. The van der Waals surface area contributed by atoms with Crippen LogP contribution in [0.25, 0.3) is 0 Å². The average Bonchev–Trinajstić information content (AvgIpc) is 2.07. The van der Waals surface area contributed by atoms with Crippen molar-refractivity contribution in [1.82, 2.24) is 9.97 Å². The average molecular weight is 168 g/mol. The molecule has 66 valence electrons. The van der Waals surface area contributed by atoms with Gasteiger partial charge in [0.05, 0.1) is 11.4 Å². The molecule has 5 heteroatoms. The summed E-state index contributed by atoms with van der Waals surface area (Å²) in [6, 6.07) is 0. The maximum atomic E-state index is 8.33. The summed E-state index contributed by atoms with van der Waals surface area (Å²) in [5.41, 5.74) is 2.04. The number of nitrogens with zero attached hydrogens (tertiary/aromatic N) is 3. The van der Waals surface area contributed by atoms with Crippen LogP contribution in [-0.2, 0) is 6.42 Å². The highest BCUT2D eigenvalue weighted by atomic mass is 16.3. The topological polar surface area (TPSA) is 81.2 Å². The fourth-order valence-electron chi connectivity index (χ4n) is 0.602. The molecular formula is C7H12N4O. The minimum Gasteiger partial charge on any atom is -0.287 e. The highest BCUT2D eigenvalue weighted by Crippen LogP contribution is 1.92. The zero-order chi connectivity index (χ0) is 9.40. The molecule has 5 nitrogen and oxygen atoms in total. The molecule has 1 aromatic heterocycles. The van der Waals surface area contributed by atoms with Gasteiger partial charge in [0.25, 0.3) is 0 Å². The Morgan fingerprint density at radius 3 is 2.42 bits per heavy atom. The summed E-state index contributed by atoms with van der Waals surface area (Å²) in [5, 5.41) is 1.75. The van der Waals surface area contributed by atoms with Crippen LogP contribution in [0.4, 0.5) is 0 Å². The molecular weight excluding hydrogens is 156 g/mol. The Morgan fingerprint density at radius 2 is 2.08 bits per heavy atom. The summed E-state index contributed by atoms with van der Waals surface area (Å²) in [4.78, 5) is 16.6. The number of nitroso groups, excluding NO2 is 1. The van der Waals surface area contributed by atoms with Crippen LogP contribution in [-0.4, -0.2) is 9.97 Å². The molecule has 12 heavy (non-hydrogen) atoms. The van der Waals surface area contributed by atoms with E-state index in [0.29, 0.717) is 0 Å². The molecule has 1 aromatic rings. The summed E-state index contributed by atoms with van der Waals surface area (Å²) in [7, 11) is 0. The molecule has 0 spiro atoms. The standard InChI is InChI=1S/C7H10N2.H2N2O/c1-3-7-5-8-6(2)4-9-7;1-2-3/h4-5H,3H2,1-2H3;(H2,1,3). The molecule has 0 aliphatic heterocycles. The molecule has 0 aliphatic rings. The van der Waals surface area contributed by atoms with Gasteiger partial charge in [0.1, 0.15) is 0 Å². The largest absolute Gasteiger partial charge is 0.287 e. The van der Waals surface area contributed by atoms with Crippen LogP contribution < -0.4 is 5.84 Å². The van der Waals surface area contributed by atoms with E-state index in [0.717, 1.165) is 17.8 Å². The number of rotatable bonds is 1. The zero-order valence-corrected chi connectivity index (χ0v) is 7.19. The second-order valence-corrected chi connectivity index (χ2v) is 2.11. The molecule has 0 aliphatic carbocycles. The van der Waals surface area contributed by atoms with Crippen LogP contribution in [0.3, 0.4) is 0 Å². The second kappa shape index (κ2) is 6.21. The minimum absolute atomic E-state index is 0.966. The lowest BCUT2D eigenvalue weighted by Crippen LogP contribution is -1.89. The van der Waals surface area contributed by atoms with E-state index in [1.807, 2.05) is 13.1 Å². The van der Waals surface area contributed by atoms with Crippen molar-refractivity contribution in [2.75, 3.05) is 0 Å². The van der Waals surface area contributed by atoms with Crippen molar-refractivity contribution in [3.63, 3.8) is 0 Å². The maximum Gasteiger partial charge on any atom is 0.0584 e. The first-order valence-corrected chi connectivity index (χ1v) is 3.54. The first-order chi connectivity index (χ1) is 5.74. The van der Waals surface area contributed by atoms with E-state index < -0.39 is 0 Å². The van der Waals surface area contributed by atoms with E-state index in [-0.39, 0.29) is 0 Å². The number of hydrogen-bond donors (Lipinski definition) is 1. The Labute approximate surface area is 71.0 Å². The van der Waals surface area contributed by atoms with Crippen molar-refractivity contribution < 1.29 is 0 Å². The van der Waals surface area contributed by atoms with E-state index in [9.17, 15) is 0 Å². The number of aryl methyl sites for hydroxylation is 2. The Hall–Kier alpha value is -1.52. The Kier molecular flexibility index (Phi) is 5.42. The van der Waals surface area contributed by atoms with Gasteiger partial charge in [0, 0.05) is 17.7 Å². The van der Waals surface area contributed by atoms with Crippen molar-refractivity contribution in [2.24, 2.45) is 11.1 Å². The molecule has 0 saturated heterocycles. The van der Waals surface area contributed by atoms with Crippen LogP contribution >= 0.6 is 0 Å². The van der Waals surface area contributed by atoms with Crippen LogP contribution in [0, 0.1) is 11.8 Å². The third-order valence-electron chi connectivity index (χ3n) is 1.20. The first-order valence-electron chi connectivity index (χ1n) is 3.54. The van der Waals surface area contributed by atoms with E-state index in [1.165, 1.54) is 0 Å². The molecule has 0 bridgehead atoms. The first kappa shape index (κ1) is 10.5. The summed E-state index contributed by atoms with van der Waals surface area (Å²) in [6.45, 7) is 4.01. The predicted molar refractivity (Wildman–Crippen MR) is 46.1 cm³/mol. The van der Waals surface area contributed by atoms with E-state index in [1.54, 1.807) is 11.5 Å². The maximum absolute atomic E-state index is 8.33. The Bertz CT molecular complexity index is 221. The normalized spacial score (nSPS) is 8.17. The van der Waals surface area contributed by atoms with Crippen molar-refractivity contribution in [3.8, 4) is 0 Å². The van der Waals surface area contributed by atoms with Gasteiger partial charge >= 0.3 is 0 Å². The Morgan fingerprint density at radius 1 is 1.50 bits per heavy atom. The summed E-state index contributed by atoms with van der Waals surface area (Å²) < 4.78 is 0. The van der Waals surface area contributed by atoms with Gasteiger partial charge in [-0.25, -0.2) is 0 Å². The third-order valence-corrected chi connectivity index (χ3v) is 1.20. The smallest absolute Gasteiger partial charge is 0.0584 e. The van der Waals surface area contributed by atoms with Crippen molar-refractivity contribution in [1.29, 1.82) is 0 Å². The number of hydrogen-bond acceptors (Lipinski definition) is 4. The van der Waals surface area contributed by atoms with Gasteiger partial charge in [-0.2, -0.15) is 0 Å². The van der Waals surface area contributed by atoms with Crippen LogP contribution in [0.5, 0.6) is 0 Å². The lowest BCUT2D eigenvalue weighted by molar-refractivity contribution is 0.977. The predicted octanol–water partition coefficient (Wildman–Crippen LogP) is 0.974. The van der Waals surface area contributed by atoms with Gasteiger partial charge in [-0.1, -0.05) is 6.92 Å². The monoisotopic (exact) mass is 168 g/mol. The summed E-state index contributed by atoms with van der Waals surface area (Å²) >= 11 is 0. The van der Waals surface area contributed by atoms with Crippen molar-refractivity contribution in [2.45, 2.75) is 20.3 Å². The number of nitrogens with two attached hydrogens (primary N) is 1. The zero-order valence-electron chi connectivity index (χ0n) is 7.19. The third kappa shape index (κ3) is 4.32. The van der Waals surface area contributed by atoms with Crippen LogP contribution in [0.15, 0.2) is 17.7 Å². The SMILES string of the molecule is CCc1cnc(C)cn1.NN=O. The fraction of sp³-hybridized carbons (Fsp3) is 0.429. The van der Waals surface area contributed by atoms with E-state index >= 15 is 0 Å². The molecule has 0 amide bonds. The van der Waals surface area contributed by atoms with Gasteiger partial charge in [-0.15, -0.1) is 4.91 Å². The van der Waals surface area contributed by atoms with Gasteiger partial charge in [0.2, 0.25) is 0 Å². The van der Waals surface area contributed by atoms with Gasteiger partial charge in [0.15, 0.2) is 0 Å². The molecule has 0 unspecified atom stereocenters. The van der Waals surface area contributed by atoms with E-state index in [4.69, 9.17) is 4.91 Å². The van der Waals surface area contributed by atoms with Gasteiger partial charge in [-0.05, 0) is 13.3 Å². The molecule has 0 atom stereocenters. The van der Waals surface area contributed by atoms with Crippen LogP contribution in [0.2, 0.25) is 0 Å². The van der Waals surface area contributed by atoms with Crippen molar-refractivity contribution >= 4 is 0 Å². The summed E-state index contributed by atoms with van der Waals surface area (Å²) in [6.07, 6.45) is 4.57. The van der Waals surface area contributed by atoms with Crippen molar-refractivity contribution in [3.05, 3.63) is 28.7 Å². The quantitative estimate of drug-likeness (QED) is 0.385. The molecule has 0 radical (unpaired) electrons. The summed E-state index contributed by atoms with van der Waals surface area (Å²) in [5.74, 6) is 3.92. The molecule has 1 heterocycles. The van der Waals surface area contributed by atoms with Crippen LogP contribution in [0.1, 0.15) is 18.3 Å². The fourth-order valence-corrected chi connectivity index (χ4v) is 0.602. The molecule has 0 fully saturated rings. The second-order valence-electron chi connectivity index (χ2n) is 2.11. The van der Waals surface area contributed by atoms with E-state index in [2.05, 4.69) is 22.7 Å². The molecule has 1 rings (SSSR count). The Balaban J connectivity index is 0.000000354. The lowest BCUT2D eigenvalue weighted by atomic mass is 10.3. The molecule has 2 N–H and O–H groups in total. The van der Waals surface area contributed by atoms with Gasteiger partial charge < -0.3 is 0 Å². The highest BCUT2D eigenvalue weighted by Gasteiger charge is 1.87. The highest BCUT2D eigenvalue weighted by molar-refractivity contribution is 4.99. The lowest BCUT2D eigenvalue weighted by Gasteiger charge is -1.92. The minimum atomic E-state index is 0.966. The number of aromatic nitrogens is 2. The molecule has 0 saturated carbocycles.